The van der Waals surface area contributed by atoms with Crippen LogP contribution < -0.4 is 10.5 Å². The first-order valence-electron chi connectivity index (χ1n) is 4.41. The summed E-state index contributed by atoms with van der Waals surface area (Å²) in [5.41, 5.74) is -0.0544. The molecule has 0 fully saturated rings. The second kappa shape index (κ2) is 4.45. The minimum absolute atomic E-state index is 0.260. The third-order valence-corrected chi connectivity index (χ3v) is 2.80. The molecule has 0 unspecified atom stereocenters. The average molecular weight is 245 g/mol. The third kappa shape index (κ3) is 2.67. The van der Waals surface area contributed by atoms with E-state index in [-0.39, 0.29) is 16.3 Å². The largest absolute Gasteiger partial charge is 0.384 e. The molecule has 0 aliphatic carbocycles. The second-order valence-electron chi connectivity index (χ2n) is 3.01. The lowest BCUT2D eigenvalue weighted by Gasteiger charge is -2.08. The minimum atomic E-state index is -3.98. The standard InChI is InChI=1S/C8H11N3O4S/c1-2-10-7-4-3-6(11(12)13)5-8(7)16(9,14)15/h3-5,10H,2H2,1H3,(H2,9,14,15). The summed E-state index contributed by atoms with van der Waals surface area (Å²) in [6, 6.07) is 3.47. The lowest BCUT2D eigenvalue weighted by Crippen LogP contribution is -2.15. The van der Waals surface area contributed by atoms with E-state index < -0.39 is 14.9 Å². The molecule has 1 rings (SSSR count). The highest BCUT2D eigenvalue weighted by atomic mass is 32.2. The van der Waals surface area contributed by atoms with Gasteiger partial charge in [0.15, 0.2) is 0 Å². The fraction of sp³-hybridized carbons (Fsp3) is 0.250. The average Bonchev–Trinajstić information content (AvgIpc) is 2.16. The SMILES string of the molecule is CCNc1ccc([N+](=O)[O-])cc1S(N)(=O)=O. The van der Waals surface area contributed by atoms with Crippen molar-refractivity contribution < 1.29 is 13.3 Å². The molecule has 8 heteroatoms. The summed E-state index contributed by atoms with van der Waals surface area (Å²) in [5.74, 6) is 0. The van der Waals surface area contributed by atoms with Gasteiger partial charge in [-0.1, -0.05) is 0 Å². The smallest absolute Gasteiger partial charge is 0.270 e. The van der Waals surface area contributed by atoms with E-state index in [2.05, 4.69) is 5.32 Å². The van der Waals surface area contributed by atoms with Gasteiger partial charge in [-0.25, -0.2) is 13.6 Å². The maximum atomic E-state index is 11.2. The van der Waals surface area contributed by atoms with E-state index in [0.29, 0.717) is 6.54 Å². The predicted octanol–water partition coefficient (Wildman–Crippen LogP) is 0.674. The predicted molar refractivity (Wildman–Crippen MR) is 58.6 cm³/mol. The summed E-state index contributed by atoms with van der Waals surface area (Å²) in [6.45, 7) is 2.26. The van der Waals surface area contributed by atoms with Crippen molar-refractivity contribution in [2.45, 2.75) is 11.8 Å². The number of nitro benzene ring substituents is 1. The molecule has 0 bridgehead atoms. The molecule has 0 saturated heterocycles. The van der Waals surface area contributed by atoms with Gasteiger partial charge in [0.2, 0.25) is 10.0 Å². The molecule has 88 valence electrons. The molecule has 0 atom stereocenters. The number of primary sulfonamides is 1. The fourth-order valence-electron chi connectivity index (χ4n) is 1.20. The molecule has 0 amide bonds. The zero-order valence-electron chi connectivity index (χ0n) is 8.50. The Balaban J connectivity index is 3.39. The van der Waals surface area contributed by atoms with Crippen LogP contribution in [0.15, 0.2) is 23.1 Å². The number of non-ortho nitro benzene ring substituents is 1. The van der Waals surface area contributed by atoms with Gasteiger partial charge in [0.25, 0.3) is 5.69 Å². The van der Waals surface area contributed by atoms with E-state index in [1.54, 1.807) is 6.92 Å². The van der Waals surface area contributed by atoms with Gasteiger partial charge in [0, 0.05) is 18.7 Å². The Morgan fingerprint density at radius 2 is 2.12 bits per heavy atom. The van der Waals surface area contributed by atoms with Gasteiger partial charge in [-0.05, 0) is 13.0 Å². The molecule has 0 aromatic heterocycles. The summed E-state index contributed by atoms with van der Waals surface area (Å²) >= 11 is 0. The van der Waals surface area contributed by atoms with Gasteiger partial charge in [0.1, 0.15) is 4.90 Å². The summed E-state index contributed by atoms with van der Waals surface area (Å²) in [6.07, 6.45) is 0. The first-order chi connectivity index (χ1) is 7.36. The zero-order chi connectivity index (χ0) is 12.3. The maximum absolute atomic E-state index is 11.2. The Morgan fingerprint density at radius 1 is 1.50 bits per heavy atom. The molecule has 1 aromatic rings. The molecule has 1 aromatic carbocycles. The Morgan fingerprint density at radius 3 is 2.56 bits per heavy atom. The number of benzene rings is 1. The third-order valence-electron chi connectivity index (χ3n) is 1.85. The van der Waals surface area contributed by atoms with Crippen molar-refractivity contribution in [3.63, 3.8) is 0 Å². The van der Waals surface area contributed by atoms with E-state index >= 15 is 0 Å². The van der Waals surface area contributed by atoms with Crippen LogP contribution in [0.5, 0.6) is 0 Å². The molecule has 0 spiro atoms. The van der Waals surface area contributed by atoms with E-state index in [1.807, 2.05) is 0 Å². The van der Waals surface area contributed by atoms with E-state index in [9.17, 15) is 18.5 Å². The molecule has 0 aliphatic rings. The Hall–Kier alpha value is -1.67. The van der Waals surface area contributed by atoms with Gasteiger partial charge in [-0.3, -0.25) is 10.1 Å². The number of nitrogens with two attached hydrogens (primary N) is 1. The topological polar surface area (TPSA) is 115 Å². The van der Waals surface area contributed by atoms with Gasteiger partial charge in [-0.15, -0.1) is 0 Å². The lowest BCUT2D eigenvalue weighted by atomic mass is 10.3. The molecular formula is C8H11N3O4S. The highest BCUT2D eigenvalue weighted by molar-refractivity contribution is 7.89. The van der Waals surface area contributed by atoms with Crippen LogP contribution in [0.2, 0.25) is 0 Å². The first kappa shape index (κ1) is 12.4. The van der Waals surface area contributed by atoms with Crippen molar-refractivity contribution in [1.29, 1.82) is 0 Å². The highest BCUT2D eigenvalue weighted by Gasteiger charge is 2.18. The van der Waals surface area contributed by atoms with Crippen LogP contribution in [-0.4, -0.2) is 19.9 Å². The van der Waals surface area contributed by atoms with Gasteiger partial charge in [0.05, 0.1) is 10.6 Å². The van der Waals surface area contributed by atoms with E-state index in [4.69, 9.17) is 5.14 Å². The molecular weight excluding hydrogens is 234 g/mol. The summed E-state index contributed by atoms with van der Waals surface area (Å²) in [4.78, 5) is 9.55. The van der Waals surface area contributed by atoms with Crippen LogP contribution in [-0.2, 0) is 10.0 Å². The number of nitrogens with one attached hydrogen (secondary N) is 1. The number of rotatable bonds is 4. The van der Waals surface area contributed by atoms with Gasteiger partial charge in [-0.2, -0.15) is 0 Å². The first-order valence-corrected chi connectivity index (χ1v) is 5.96. The lowest BCUT2D eigenvalue weighted by molar-refractivity contribution is -0.385. The fourth-order valence-corrected chi connectivity index (χ4v) is 1.93. The maximum Gasteiger partial charge on any atom is 0.270 e. The van der Waals surface area contributed by atoms with E-state index in [1.165, 1.54) is 12.1 Å². The van der Waals surface area contributed by atoms with Crippen molar-refractivity contribution in [1.82, 2.24) is 0 Å². The number of nitrogens with zero attached hydrogens (tertiary/aromatic N) is 1. The molecule has 16 heavy (non-hydrogen) atoms. The number of hydrogen-bond donors (Lipinski definition) is 2. The Labute approximate surface area is 92.5 Å². The normalized spacial score (nSPS) is 11.1. The second-order valence-corrected chi connectivity index (χ2v) is 4.54. The van der Waals surface area contributed by atoms with Crippen molar-refractivity contribution in [3.05, 3.63) is 28.3 Å². The van der Waals surface area contributed by atoms with Crippen LogP contribution >= 0.6 is 0 Å². The molecule has 0 aliphatic heterocycles. The molecule has 0 saturated carbocycles. The molecule has 0 heterocycles. The monoisotopic (exact) mass is 245 g/mol. The number of hydrogen-bond acceptors (Lipinski definition) is 5. The van der Waals surface area contributed by atoms with Gasteiger partial charge < -0.3 is 5.32 Å². The number of anilines is 1. The molecule has 0 radical (unpaired) electrons. The zero-order valence-corrected chi connectivity index (χ0v) is 9.32. The quantitative estimate of drug-likeness (QED) is 0.597. The van der Waals surface area contributed by atoms with Crippen LogP contribution in [0.1, 0.15) is 6.92 Å². The number of sulfonamides is 1. The van der Waals surface area contributed by atoms with Crippen molar-refractivity contribution >= 4 is 21.4 Å². The summed E-state index contributed by atoms with van der Waals surface area (Å²) < 4.78 is 22.4. The summed E-state index contributed by atoms with van der Waals surface area (Å²) in [5, 5.41) is 18.2. The minimum Gasteiger partial charge on any atom is -0.384 e. The Kier molecular flexibility index (Phi) is 3.45. The number of nitro groups is 1. The van der Waals surface area contributed by atoms with E-state index in [0.717, 1.165) is 6.07 Å². The van der Waals surface area contributed by atoms with Crippen molar-refractivity contribution in [2.75, 3.05) is 11.9 Å². The van der Waals surface area contributed by atoms with Gasteiger partial charge >= 0.3 is 0 Å². The van der Waals surface area contributed by atoms with Crippen LogP contribution in [0, 0.1) is 10.1 Å². The summed E-state index contributed by atoms with van der Waals surface area (Å²) in [7, 11) is -3.98. The Bertz CT molecular complexity index is 512. The molecule has 7 nitrogen and oxygen atoms in total. The van der Waals surface area contributed by atoms with Crippen LogP contribution in [0.3, 0.4) is 0 Å². The van der Waals surface area contributed by atoms with Crippen molar-refractivity contribution in [2.24, 2.45) is 5.14 Å². The van der Waals surface area contributed by atoms with Crippen LogP contribution in [0.4, 0.5) is 11.4 Å². The van der Waals surface area contributed by atoms with Crippen molar-refractivity contribution in [3.8, 4) is 0 Å². The molecule has 3 N–H and O–H groups in total. The van der Waals surface area contributed by atoms with Crippen LogP contribution in [0.25, 0.3) is 0 Å². The highest BCUT2D eigenvalue weighted by Crippen LogP contribution is 2.25.